The lowest BCUT2D eigenvalue weighted by atomic mass is 10.2. The molecular formula is C10H9Cl2N5O2S. The molecule has 0 unspecified atom stereocenters. The molecule has 0 aliphatic carbocycles. The van der Waals surface area contributed by atoms with E-state index in [9.17, 15) is 8.42 Å². The van der Waals surface area contributed by atoms with Crippen LogP contribution in [0.15, 0.2) is 29.4 Å². The molecule has 0 saturated carbocycles. The van der Waals surface area contributed by atoms with E-state index in [4.69, 9.17) is 28.9 Å². The molecule has 2 rings (SSSR count). The Kier molecular flexibility index (Phi) is 4.39. The van der Waals surface area contributed by atoms with Crippen molar-refractivity contribution in [3.8, 4) is 0 Å². The fraction of sp³-hybridized carbons (Fsp3) is 0.100. The van der Waals surface area contributed by atoms with Gasteiger partial charge in [-0.1, -0.05) is 23.2 Å². The fourth-order valence-corrected chi connectivity index (χ4v) is 3.32. The number of anilines is 1. The van der Waals surface area contributed by atoms with Gasteiger partial charge in [0.1, 0.15) is 4.90 Å². The minimum atomic E-state index is -3.95. The number of hydrogen-bond donors (Lipinski definition) is 2. The number of rotatable bonds is 4. The van der Waals surface area contributed by atoms with Crippen molar-refractivity contribution >= 4 is 39.2 Å². The smallest absolute Gasteiger partial charge is 0.265 e. The van der Waals surface area contributed by atoms with Gasteiger partial charge in [0.05, 0.1) is 17.4 Å². The van der Waals surface area contributed by atoms with Crippen LogP contribution in [0.1, 0.15) is 5.56 Å². The van der Waals surface area contributed by atoms with E-state index >= 15 is 0 Å². The Balaban J connectivity index is 2.45. The summed E-state index contributed by atoms with van der Waals surface area (Å²) in [6, 6.07) is 2.69. The van der Waals surface area contributed by atoms with E-state index in [1.165, 1.54) is 24.5 Å². The fourth-order valence-electron chi connectivity index (χ4n) is 1.44. The van der Waals surface area contributed by atoms with Gasteiger partial charge in [-0.05, 0) is 12.1 Å². The van der Waals surface area contributed by atoms with Gasteiger partial charge in [-0.15, -0.1) is 5.10 Å². The summed E-state index contributed by atoms with van der Waals surface area (Å²) in [6.07, 6.45) is 2.62. The summed E-state index contributed by atoms with van der Waals surface area (Å²) in [4.78, 5) is 3.57. The van der Waals surface area contributed by atoms with E-state index in [1.807, 2.05) is 0 Å². The lowest BCUT2D eigenvalue weighted by Gasteiger charge is -2.11. The maximum atomic E-state index is 12.2. The molecule has 0 saturated heterocycles. The number of nitrogens with two attached hydrogens (primary N) is 1. The van der Waals surface area contributed by atoms with Gasteiger partial charge in [0.15, 0.2) is 0 Å². The molecule has 0 fully saturated rings. The number of halogens is 2. The summed E-state index contributed by atoms with van der Waals surface area (Å²) in [6.45, 7) is 0.0183. The molecule has 1 aromatic carbocycles. The molecule has 0 aliphatic heterocycles. The predicted octanol–water partition coefficient (Wildman–Crippen LogP) is 1.44. The van der Waals surface area contributed by atoms with Crippen LogP contribution in [0, 0.1) is 0 Å². The highest BCUT2D eigenvalue weighted by molar-refractivity contribution is 7.92. The Morgan fingerprint density at radius 1 is 1.25 bits per heavy atom. The van der Waals surface area contributed by atoms with Crippen LogP contribution in [0.2, 0.25) is 10.0 Å². The third kappa shape index (κ3) is 2.98. The third-order valence-corrected chi connectivity index (χ3v) is 4.62. The number of hydrogen-bond acceptors (Lipinski definition) is 6. The van der Waals surface area contributed by atoms with E-state index in [-0.39, 0.29) is 22.4 Å². The summed E-state index contributed by atoms with van der Waals surface area (Å²) < 4.78 is 26.6. The summed E-state index contributed by atoms with van der Waals surface area (Å²) in [7, 11) is -3.95. The molecule has 3 N–H and O–H groups in total. The Labute approximate surface area is 125 Å². The first-order chi connectivity index (χ1) is 9.45. The quantitative estimate of drug-likeness (QED) is 0.875. The van der Waals surface area contributed by atoms with Crippen LogP contribution >= 0.6 is 23.2 Å². The number of nitrogens with one attached hydrogen (secondary N) is 1. The van der Waals surface area contributed by atoms with Crippen molar-refractivity contribution in [3.05, 3.63) is 40.1 Å². The number of aromatic nitrogens is 3. The van der Waals surface area contributed by atoms with E-state index in [0.717, 1.165) is 0 Å². The second-order valence-corrected chi connectivity index (χ2v) is 6.05. The van der Waals surface area contributed by atoms with Gasteiger partial charge in [-0.3, -0.25) is 0 Å². The molecule has 0 radical (unpaired) electrons. The molecule has 0 spiro atoms. The minimum Gasteiger partial charge on any atom is -0.326 e. The van der Waals surface area contributed by atoms with Crippen LogP contribution in [0.25, 0.3) is 0 Å². The number of sulfonamides is 1. The van der Waals surface area contributed by atoms with E-state index < -0.39 is 10.0 Å². The van der Waals surface area contributed by atoms with Crippen molar-refractivity contribution < 1.29 is 8.42 Å². The molecule has 2 aromatic rings. The second kappa shape index (κ2) is 5.88. The van der Waals surface area contributed by atoms with E-state index in [1.54, 1.807) is 0 Å². The van der Waals surface area contributed by atoms with Gasteiger partial charge < -0.3 is 5.73 Å². The van der Waals surface area contributed by atoms with Gasteiger partial charge in [0.2, 0.25) is 0 Å². The van der Waals surface area contributed by atoms with Crippen LogP contribution in [-0.4, -0.2) is 23.6 Å². The largest absolute Gasteiger partial charge is 0.326 e. The Bertz CT molecular complexity index is 724. The van der Waals surface area contributed by atoms with Crippen LogP contribution in [-0.2, 0) is 16.6 Å². The van der Waals surface area contributed by atoms with Crippen LogP contribution in [0.4, 0.5) is 5.95 Å². The molecule has 0 amide bonds. The van der Waals surface area contributed by atoms with E-state index in [2.05, 4.69) is 19.9 Å². The number of nitrogens with zero attached hydrogens (tertiary/aromatic N) is 3. The third-order valence-electron chi connectivity index (χ3n) is 2.35. The molecule has 1 heterocycles. The lowest BCUT2D eigenvalue weighted by Crippen LogP contribution is -2.16. The van der Waals surface area contributed by atoms with Crippen LogP contribution in [0.5, 0.6) is 0 Å². The maximum absolute atomic E-state index is 12.2. The van der Waals surface area contributed by atoms with Crippen molar-refractivity contribution in [2.24, 2.45) is 5.73 Å². The second-order valence-electron chi connectivity index (χ2n) is 3.61. The summed E-state index contributed by atoms with van der Waals surface area (Å²) in [5.74, 6) is -0.159. The van der Waals surface area contributed by atoms with Crippen molar-refractivity contribution in [3.63, 3.8) is 0 Å². The minimum absolute atomic E-state index is 0.0183. The van der Waals surface area contributed by atoms with Gasteiger partial charge in [-0.25, -0.2) is 18.1 Å². The number of benzene rings is 1. The van der Waals surface area contributed by atoms with Gasteiger partial charge in [0.25, 0.3) is 16.0 Å². The van der Waals surface area contributed by atoms with Gasteiger partial charge in [-0.2, -0.15) is 5.10 Å². The zero-order valence-corrected chi connectivity index (χ0v) is 12.2. The monoisotopic (exact) mass is 333 g/mol. The molecule has 10 heteroatoms. The first-order valence-corrected chi connectivity index (χ1v) is 7.53. The molecule has 0 aliphatic rings. The highest BCUT2D eigenvalue weighted by atomic mass is 35.5. The normalized spacial score (nSPS) is 11.3. The van der Waals surface area contributed by atoms with Crippen molar-refractivity contribution in [1.82, 2.24) is 15.2 Å². The van der Waals surface area contributed by atoms with Crippen molar-refractivity contribution in [1.29, 1.82) is 0 Å². The van der Waals surface area contributed by atoms with Crippen LogP contribution in [0.3, 0.4) is 0 Å². The molecule has 0 bridgehead atoms. The average Bonchev–Trinajstić information content (AvgIpc) is 2.39. The first kappa shape index (κ1) is 14.9. The van der Waals surface area contributed by atoms with Crippen LogP contribution < -0.4 is 10.5 Å². The zero-order chi connectivity index (χ0) is 14.8. The molecule has 106 valence electrons. The Morgan fingerprint density at radius 2 is 2.00 bits per heavy atom. The molecule has 7 nitrogen and oxygen atoms in total. The Hall–Kier alpha value is -1.48. The molecular weight excluding hydrogens is 325 g/mol. The SMILES string of the molecule is NCc1c(Cl)ccc(S(=O)(=O)Nc2nccnn2)c1Cl. The average molecular weight is 334 g/mol. The standard InChI is InChI=1S/C10H9Cl2N5O2S/c11-7-1-2-8(9(12)6(7)5-13)20(18,19)17-10-14-3-4-15-16-10/h1-4H,5,13H2,(H,14,16,17). The summed E-state index contributed by atoms with van der Waals surface area (Å²) in [5.41, 5.74) is 5.85. The molecule has 20 heavy (non-hydrogen) atoms. The highest BCUT2D eigenvalue weighted by Gasteiger charge is 2.22. The first-order valence-electron chi connectivity index (χ1n) is 5.29. The lowest BCUT2D eigenvalue weighted by molar-refractivity contribution is 0.600. The van der Waals surface area contributed by atoms with Crippen molar-refractivity contribution in [2.75, 3.05) is 4.72 Å². The van der Waals surface area contributed by atoms with Crippen molar-refractivity contribution in [2.45, 2.75) is 11.4 Å². The van der Waals surface area contributed by atoms with Gasteiger partial charge in [0, 0.05) is 17.1 Å². The molecule has 1 aromatic heterocycles. The maximum Gasteiger partial charge on any atom is 0.265 e. The summed E-state index contributed by atoms with van der Waals surface area (Å²) in [5, 5.41) is 7.32. The molecule has 0 atom stereocenters. The topological polar surface area (TPSA) is 111 Å². The highest BCUT2D eigenvalue weighted by Crippen LogP contribution is 2.31. The van der Waals surface area contributed by atoms with E-state index in [0.29, 0.717) is 10.6 Å². The zero-order valence-electron chi connectivity index (χ0n) is 9.92. The predicted molar refractivity (Wildman–Crippen MR) is 75.0 cm³/mol. The van der Waals surface area contributed by atoms with Gasteiger partial charge >= 0.3 is 0 Å². The Morgan fingerprint density at radius 3 is 2.60 bits per heavy atom. The summed E-state index contributed by atoms with van der Waals surface area (Å²) >= 11 is 11.9.